The molecule has 0 aromatic heterocycles. The molecule has 0 radical (unpaired) electrons. The van der Waals surface area contributed by atoms with E-state index in [4.69, 9.17) is 14.2 Å². The second-order valence-electron chi connectivity index (χ2n) is 7.73. The zero-order chi connectivity index (χ0) is 21.6. The van der Waals surface area contributed by atoms with Gasteiger partial charge in [0.05, 0.1) is 19.0 Å². The Morgan fingerprint density at radius 1 is 1.27 bits per heavy atom. The molecule has 2 aliphatic rings. The van der Waals surface area contributed by atoms with Crippen molar-refractivity contribution in [3.05, 3.63) is 23.8 Å². The molecule has 1 aromatic rings. The van der Waals surface area contributed by atoms with Crippen molar-refractivity contribution in [1.29, 1.82) is 0 Å². The van der Waals surface area contributed by atoms with E-state index in [1.807, 2.05) is 25.1 Å². The van der Waals surface area contributed by atoms with Crippen molar-refractivity contribution >= 4 is 15.9 Å². The van der Waals surface area contributed by atoms with Crippen molar-refractivity contribution in [1.82, 2.24) is 9.62 Å². The Labute approximate surface area is 178 Å². The Hall–Kier alpha value is -1.84. The molecule has 8 nitrogen and oxygen atoms in total. The Morgan fingerprint density at radius 3 is 2.80 bits per heavy atom. The van der Waals surface area contributed by atoms with Crippen LogP contribution in [0.4, 0.5) is 0 Å². The van der Waals surface area contributed by atoms with Gasteiger partial charge < -0.3 is 19.5 Å². The Kier molecular flexibility index (Phi) is 7.96. The molecule has 2 fully saturated rings. The number of methoxy groups -OCH3 is 1. The zero-order valence-electron chi connectivity index (χ0n) is 17.8. The summed E-state index contributed by atoms with van der Waals surface area (Å²) >= 11 is 0. The standard InChI is InChI=1S/C21H32N2O6S/c1-3-12-30(25,26)23-10-4-7-18(23)21(24)22-14-16-8-9-19(20(13-16)27-2)29-15-17-6-5-11-28-17/h8-9,13,17-18H,3-7,10-12,14-15H2,1-2H3,(H,22,24). The van der Waals surface area contributed by atoms with Crippen LogP contribution in [0.5, 0.6) is 11.5 Å². The van der Waals surface area contributed by atoms with Crippen LogP contribution in [0, 0.1) is 0 Å². The lowest BCUT2D eigenvalue weighted by atomic mass is 10.1. The molecule has 2 heterocycles. The number of rotatable bonds is 10. The second-order valence-corrected chi connectivity index (χ2v) is 9.77. The number of hydrogen-bond acceptors (Lipinski definition) is 6. The summed E-state index contributed by atoms with van der Waals surface area (Å²) in [5.74, 6) is 1.04. The maximum Gasteiger partial charge on any atom is 0.238 e. The van der Waals surface area contributed by atoms with Crippen LogP contribution < -0.4 is 14.8 Å². The van der Waals surface area contributed by atoms with E-state index in [1.165, 1.54) is 4.31 Å². The summed E-state index contributed by atoms with van der Waals surface area (Å²) in [5.41, 5.74) is 0.852. The first-order chi connectivity index (χ1) is 14.4. The van der Waals surface area contributed by atoms with Gasteiger partial charge >= 0.3 is 0 Å². The molecule has 0 saturated carbocycles. The number of sulfonamides is 1. The predicted molar refractivity (Wildman–Crippen MR) is 113 cm³/mol. The lowest BCUT2D eigenvalue weighted by molar-refractivity contribution is -0.124. The number of nitrogens with zero attached hydrogens (tertiary/aromatic N) is 1. The molecule has 1 N–H and O–H groups in total. The number of benzene rings is 1. The third-order valence-corrected chi connectivity index (χ3v) is 7.55. The highest BCUT2D eigenvalue weighted by Gasteiger charge is 2.37. The van der Waals surface area contributed by atoms with E-state index in [0.29, 0.717) is 50.5 Å². The zero-order valence-corrected chi connectivity index (χ0v) is 18.6. The summed E-state index contributed by atoms with van der Waals surface area (Å²) in [6, 6.07) is 4.89. The molecule has 0 aliphatic carbocycles. The van der Waals surface area contributed by atoms with E-state index in [-0.39, 0.29) is 17.8 Å². The third-order valence-electron chi connectivity index (χ3n) is 5.47. The van der Waals surface area contributed by atoms with Gasteiger partial charge in [0.15, 0.2) is 11.5 Å². The van der Waals surface area contributed by atoms with Crippen LogP contribution >= 0.6 is 0 Å². The molecular weight excluding hydrogens is 408 g/mol. The van der Waals surface area contributed by atoms with Crippen LogP contribution in [-0.4, -0.2) is 63.4 Å². The number of carbonyl (C=O) groups excluding carboxylic acids is 1. The van der Waals surface area contributed by atoms with Crippen LogP contribution in [-0.2, 0) is 26.1 Å². The summed E-state index contributed by atoms with van der Waals surface area (Å²) in [6.07, 6.45) is 3.96. The molecule has 2 saturated heterocycles. The highest BCUT2D eigenvalue weighted by molar-refractivity contribution is 7.89. The fraction of sp³-hybridized carbons (Fsp3) is 0.667. The maximum atomic E-state index is 12.7. The molecule has 9 heteroatoms. The van der Waals surface area contributed by atoms with Crippen LogP contribution in [0.3, 0.4) is 0 Å². The van der Waals surface area contributed by atoms with Gasteiger partial charge in [-0.25, -0.2) is 8.42 Å². The van der Waals surface area contributed by atoms with Gasteiger partial charge in [0.25, 0.3) is 0 Å². The smallest absolute Gasteiger partial charge is 0.238 e. The van der Waals surface area contributed by atoms with Gasteiger partial charge in [-0.05, 0) is 49.8 Å². The summed E-state index contributed by atoms with van der Waals surface area (Å²) < 4.78 is 43.0. The van der Waals surface area contributed by atoms with Crippen LogP contribution in [0.2, 0.25) is 0 Å². The lowest BCUT2D eigenvalue weighted by Gasteiger charge is -2.23. The maximum absolute atomic E-state index is 12.7. The molecule has 2 atom stereocenters. The van der Waals surface area contributed by atoms with Gasteiger partial charge in [0.1, 0.15) is 12.6 Å². The molecule has 3 rings (SSSR count). The fourth-order valence-corrected chi connectivity index (χ4v) is 5.66. The lowest BCUT2D eigenvalue weighted by Crippen LogP contribution is -2.46. The monoisotopic (exact) mass is 440 g/mol. The van der Waals surface area contributed by atoms with Crippen LogP contribution in [0.25, 0.3) is 0 Å². The first-order valence-corrected chi connectivity index (χ1v) is 12.2. The Balaban J connectivity index is 1.57. The number of nitrogens with one attached hydrogen (secondary N) is 1. The van der Waals surface area contributed by atoms with Crippen LogP contribution in [0.1, 0.15) is 44.6 Å². The highest BCUT2D eigenvalue weighted by Crippen LogP contribution is 2.29. The van der Waals surface area contributed by atoms with Crippen molar-refractivity contribution in [3.63, 3.8) is 0 Å². The number of hydrogen-bond donors (Lipinski definition) is 1. The van der Waals surface area contributed by atoms with E-state index >= 15 is 0 Å². The molecule has 0 bridgehead atoms. The average molecular weight is 441 g/mol. The summed E-state index contributed by atoms with van der Waals surface area (Å²) in [6.45, 7) is 3.78. The molecule has 2 unspecified atom stereocenters. The quantitative estimate of drug-likeness (QED) is 0.599. The highest BCUT2D eigenvalue weighted by atomic mass is 32.2. The minimum atomic E-state index is -3.39. The fourth-order valence-electron chi connectivity index (χ4n) is 3.92. The van der Waals surface area contributed by atoms with Gasteiger partial charge in [-0.1, -0.05) is 13.0 Å². The van der Waals surface area contributed by atoms with Gasteiger partial charge in [-0.3, -0.25) is 4.79 Å². The van der Waals surface area contributed by atoms with Gasteiger partial charge in [-0.15, -0.1) is 0 Å². The van der Waals surface area contributed by atoms with E-state index in [9.17, 15) is 13.2 Å². The van der Waals surface area contributed by atoms with E-state index in [2.05, 4.69) is 5.32 Å². The molecule has 2 aliphatic heterocycles. The Morgan fingerprint density at radius 2 is 2.10 bits per heavy atom. The first kappa shape index (κ1) is 22.8. The summed E-state index contributed by atoms with van der Waals surface area (Å²) in [5, 5.41) is 2.87. The first-order valence-electron chi connectivity index (χ1n) is 10.6. The van der Waals surface area contributed by atoms with E-state index in [1.54, 1.807) is 7.11 Å². The summed E-state index contributed by atoms with van der Waals surface area (Å²) in [7, 11) is -1.82. The number of carbonyl (C=O) groups is 1. The van der Waals surface area contributed by atoms with Crippen LogP contribution in [0.15, 0.2) is 18.2 Å². The van der Waals surface area contributed by atoms with E-state index in [0.717, 1.165) is 25.0 Å². The van der Waals surface area contributed by atoms with Crippen molar-refractivity contribution in [2.24, 2.45) is 0 Å². The third kappa shape index (κ3) is 5.65. The molecular formula is C21H32N2O6S. The van der Waals surface area contributed by atoms with Crippen molar-refractivity contribution in [2.75, 3.05) is 32.6 Å². The number of amides is 1. The average Bonchev–Trinajstić information content (AvgIpc) is 3.42. The van der Waals surface area contributed by atoms with Crippen molar-refractivity contribution in [3.8, 4) is 11.5 Å². The summed E-state index contributed by atoms with van der Waals surface area (Å²) in [4.78, 5) is 12.7. The molecule has 30 heavy (non-hydrogen) atoms. The second kappa shape index (κ2) is 10.5. The molecule has 1 amide bonds. The van der Waals surface area contributed by atoms with Gasteiger partial charge in [0.2, 0.25) is 15.9 Å². The van der Waals surface area contributed by atoms with Crippen molar-refractivity contribution in [2.45, 2.75) is 57.7 Å². The molecule has 0 spiro atoms. The largest absolute Gasteiger partial charge is 0.493 e. The van der Waals surface area contributed by atoms with Gasteiger partial charge in [-0.2, -0.15) is 4.31 Å². The van der Waals surface area contributed by atoms with Gasteiger partial charge in [0, 0.05) is 19.7 Å². The minimum Gasteiger partial charge on any atom is -0.493 e. The normalized spacial score (nSPS) is 22.2. The minimum absolute atomic E-state index is 0.0708. The molecule has 168 valence electrons. The Bertz CT molecular complexity index is 823. The topological polar surface area (TPSA) is 94.2 Å². The van der Waals surface area contributed by atoms with Crippen molar-refractivity contribution < 1.29 is 27.4 Å². The molecule has 1 aromatic carbocycles. The SMILES string of the molecule is CCCS(=O)(=O)N1CCCC1C(=O)NCc1ccc(OCC2CCCO2)c(OC)c1. The van der Waals surface area contributed by atoms with E-state index < -0.39 is 16.1 Å². The predicted octanol–water partition coefficient (Wildman–Crippen LogP) is 2.07. The number of ether oxygens (including phenoxy) is 3.